The molecule has 6 heteroatoms. The second-order valence-corrected chi connectivity index (χ2v) is 6.18. The molecule has 2 heterocycles. The van der Waals surface area contributed by atoms with E-state index in [9.17, 15) is 13.2 Å². The zero-order valence-corrected chi connectivity index (χ0v) is 13.3. The van der Waals surface area contributed by atoms with E-state index in [4.69, 9.17) is 0 Å². The highest BCUT2D eigenvalue weighted by atomic mass is 19.4. The third-order valence-corrected chi connectivity index (χ3v) is 4.45. The molecule has 1 saturated heterocycles. The summed E-state index contributed by atoms with van der Waals surface area (Å²) in [5.74, 6) is 0. The third kappa shape index (κ3) is 3.27. The molecule has 3 rings (SSSR count). The summed E-state index contributed by atoms with van der Waals surface area (Å²) < 4.78 is 40.6. The van der Waals surface area contributed by atoms with Gasteiger partial charge >= 0.3 is 6.18 Å². The number of likely N-dealkylation sites (tertiary alicyclic amines) is 1. The summed E-state index contributed by atoms with van der Waals surface area (Å²) in [5, 5.41) is 3.81. The van der Waals surface area contributed by atoms with Gasteiger partial charge in [0.15, 0.2) is 0 Å². The standard InChI is InChI=1S/C17H20F3N3/c1-12-5-3-6-13(9-12)15-7-4-8-23(15)11-14-10-21-22(2)16(14)17(18,19)20/h3,5-6,9-10,15H,4,7-8,11H2,1-2H3/t15-/m0/s1. The van der Waals surface area contributed by atoms with Crippen molar-refractivity contribution < 1.29 is 13.2 Å². The van der Waals surface area contributed by atoms with E-state index in [-0.39, 0.29) is 18.2 Å². The zero-order chi connectivity index (χ0) is 16.6. The van der Waals surface area contributed by atoms with E-state index in [1.165, 1.54) is 24.4 Å². The van der Waals surface area contributed by atoms with Crippen LogP contribution < -0.4 is 0 Å². The van der Waals surface area contributed by atoms with Gasteiger partial charge in [0.25, 0.3) is 0 Å². The van der Waals surface area contributed by atoms with Gasteiger partial charge in [-0.15, -0.1) is 0 Å². The van der Waals surface area contributed by atoms with Crippen molar-refractivity contribution in [3.8, 4) is 0 Å². The van der Waals surface area contributed by atoms with Crippen LogP contribution in [0.25, 0.3) is 0 Å². The van der Waals surface area contributed by atoms with Crippen LogP contribution in [0.3, 0.4) is 0 Å². The molecule has 3 nitrogen and oxygen atoms in total. The minimum atomic E-state index is -4.38. The number of aryl methyl sites for hydroxylation is 2. The first kappa shape index (κ1) is 16.1. The van der Waals surface area contributed by atoms with Crippen molar-refractivity contribution in [3.63, 3.8) is 0 Å². The summed E-state index contributed by atoms with van der Waals surface area (Å²) in [7, 11) is 1.34. The smallest absolute Gasteiger partial charge is 0.292 e. The maximum Gasteiger partial charge on any atom is 0.433 e. The van der Waals surface area contributed by atoms with E-state index >= 15 is 0 Å². The highest BCUT2D eigenvalue weighted by molar-refractivity contribution is 5.27. The van der Waals surface area contributed by atoms with Crippen molar-refractivity contribution >= 4 is 0 Å². The molecule has 0 N–H and O–H groups in total. The van der Waals surface area contributed by atoms with Crippen LogP contribution in [-0.2, 0) is 19.8 Å². The van der Waals surface area contributed by atoms with Gasteiger partial charge < -0.3 is 0 Å². The lowest BCUT2D eigenvalue weighted by atomic mass is 10.0. The zero-order valence-electron chi connectivity index (χ0n) is 13.3. The molecule has 0 unspecified atom stereocenters. The number of aromatic nitrogens is 2. The van der Waals surface area contributed by atoms with Crippen molar-refractivity contribution in [2.45, 2.75) is 38.5 Å². The lowest BCUT2D eigenvalue weighted by Gasteiger charge is -2.25. The Hall–Kier alpha value is -1.82. The Kier molecular flexibility index (Phi) is 4.19. The molecule has 1 aliphatic heterocycles. The fourth-order valence-electron chi connectivity index (χ4n) is 3.45. The van der Waals surface area contributed by atoms with E-state index in [2.05, 4.69) is 22.1 Å². The molecule has 0 spiro atoms. The molecule has 23 heavy (non-hydrogen) atoms. The maximum atomic E-state index is 13.2. The molecule has 0 amide bonds. The molecule has 1 atom stereocenters. The molecule has 0 saturated carbocycles. The normalized spacial score (nSPS) is 19.4. The van der Waals surface area contributed by atoms with Crippen LogP contribution in [0.4, 0.5) is 13.2 Å². The molecule has 1 aliphatic rings. The van der Waals surface area contributed by atoms with E-state index in [0.717, 1.165) is 24.1 Å². The summed E-state index contributed by atoms with van der Waals surface area (Å²) in [6, 6.07) is 8.40. The molecule has 1 aromatic carbocycles. The molecular weight excluding hydrogens is 303 g/mol. The largest absolute Gasteiger partial charge is 0.433 e. The predicted molar refractivity (Wildman–Crippen MR) is 81.8 cm³/mol. The first-order valence-electron chi connectivity index (χ1n) is 7.75. The number of benzene rings is 1. The van der Waals surface area contributed by atoms with Crippen LogP contribution in [0.5, 0.6) is 0 Å². The van der Waals surface area contributed by atoms with Crippen LogP contribution in [-0.4, -0.2) is 21.2 Å². The highest BCUT2D eigenvalue weighted by Crippen LogP contribution is 2.36. The first-order valence-corrected chi connectivity index (χ1v) is 7.75. The van der Waals surface area contributed by atoms with Gasteiger partial charge in [0.1, 0.15) is 5.69 Å². The average Bonchev–Trinajstić information content (AvgIpc) is 3.05. The number of hydrogen-bond donors (Lipinski definition) is 0. The van der Waals surface area contributed by atoms with Gasteiger partial charge in [-0.05, 0) is 31.9 Å². The molecular formula is C17H20F3N3. The summed E-state index contributed by atoms with van der Waals surface area (Å²) in [6.07, 6.45) is -1.06. The van der Waals surface area contributed by atoms with Gasteiger partial charge in [-0.25, -0.2) is 0 Å². The Morgan fingerprint density at radius 1 is 1.30 bits per heavy atom. The maximum absolute atomic E-state index is 13.2. The molecule has 2 aromatic rings. The molecule has 1 fully saturated rings. The Labute approximate surface area is 133 Å². The monoisotopic (exact) mass is 323 g/mol. The van der Waals surface area contributed by atoms with Crippen molar-refractivity contribution in [2.75, 3.05) is 6.54 Å². The summed E-state index contributed by atoms with van der Waals surface area (Å²) in [4.78, 5) is 2.13. The Balaban J connectivity index is 1.85. The number of rotatable bonds is 3. The quantitative estimate of drug-likeness (QED) is 0.848. The molecule has 0 radical (unpaired) electrons. The summed E-state index contributed by atoms with van der Waals surface area (Å²) in [5.41, 5.74) is 1.96. The second-order valence-electron chi connectivity index (χ2n) is 6.18. The van der Waals surface area contributed by atoms with Gasteiger partial charge in [-0.3, -0.25) is 9.58 Å². The lowest BCUT2D eigenvalue weighted by molar-refractivity contribution is -0.144. The number of alkyl halides is 3. The average molecular weight is 323 g/mol. The van der Waals surface area contributed by atoms with Gasteiger partial charge in [0.05, 0.1) is 6.20 Å². The van der Waals surface area contributed by atoms with Crippen molar-refractivity contribution in [1.82, 2.24) is 14.7 Å². The fraction of sp³-hybridized carbons (Fsp3) is 0.471. The number of hydrogen-bond acceptors (Lipinski definition) is 2. The van der Waals surface area contributed by atoms with Gasteiger partial charge in [-0.2, -0.15) is 18.3 Å². The number of halogens is 3. The first-order chi connectivity index (χ1) is 10.9. The topological polar surface area (TPSA) is 21.1 Å². The van der Waals surface area contributed by atoms with Gasteiger partial charge in [-0.1, -0.05) is 29.8 Å². The van der Waals surface area contributed by atoms with Gasteiger partial charge in [0.2, 0.25) is 0 Å². The van der Waals surface area contributed by atoms with Crippen molar-refractivity contribution in [2.24, 2.45) is 7.05 Å². The van der Waals surface area contributed by atoms with Crippen molar-refractivity contribution in [1.29, 1.82) is 0 Å². The second kappa shape index (κ2) is 6.00. The van der Waals surface area contributed by atoms with Crippen LogP contribution in [0.15, 0.2) is 30.5 Å². The third-order valence-electron chi connectivity index (χ3n) is 4.45. The SMILES string of the molecule is Cc1cccc([C@@H]2CCCN2Cc2cnn(C)c2C(F)(F)F)c1. The van der Waals surface area contributed by atoms with E-state index in [1.54, 1.807) is 0 Å². The molecule has 1 aromatic heterocycles. The van der Waals surface area contributed by atoms with E-state index in [0.29, 0.717) is 0 Å². The van der Waals surface area contributed by atoms with Crippen LogP contribution in [0.2, 0.25) is 0 Å². The van der Waals surface area contributed by atoms with E-state index in [1.807, 2.05) is 19.1 Å². The Morgan fingerprint density at radius 2 is 2.09 bits per heavy atom. The molecule has 124 valence electrons. The highest BCUT2D eigenvalue weighted by Gasteiger charge is 2.38. The van der Waals surface area contributed by atoms with Crippen LogP contribution >= 0.6 is 0 Å². The minimum Gasteiger partial charge on any atom is -0.292 e. The van der Waals surface area contributed by atoms with Crippen LogP contribution in [0, 0.1) is 6.92 Å². The Morgan fingerprint density at radius 3 is 2.78 bits per heavy atom. The number of nitrogens with zero attached hydrogens (tertiary/aromatic N) is 3. The minimum absolute atomic E-state index is 0.177. The lowest BCUT2D eigenvalue weighted by Crippen LogP contribution is -2.24. The molecule has 0 bridgehead atoms. The predicted octanol–water partition coefficient (Wildman–Crippen LogP) is 4.08. The van der Waals surface area contributed by atoms with E-state index < -0.39 is 11.9 Å². The summed E-state index contributed by atoms with van der Waals surface area (Å²) in [6.45, 7) is 3.12. The summed E-state index contributed by atoms with van der Waals surface area (Å²) >= 11 is 0. The van der Waals surface area contributed by atoms with Gasteiger partial charge in [0, 0.05) is 25.2 Å². The Bertz CT molecular complexity index is 691. The van der Waals surface area contributed by atoms with Crippen molar-refractivity contribution in [3.05, 3.63) is 52.8 Å². The fourth-order valence-corrected chi connectivity index (χ4v) is 3.45. The van der Waals surface area contributed by atoms with Crippen LogP contribution in [0.1, 0.15) is 41.3 Å². The molecule has 0 aliphatic carbocycles.